The van der Waals surface area contributed by atoms with Crippen LogP contribution in [0.15, 0.2) is 41.3 Å². The molecule has 2 rings (SSSR count). The minimum absolute atomic E-state index is 0.137. The minimum atomic E-state index is -0.322. The Morgan fingerprint density at radius 3 is 2.75 bits per heavy atom. The van der Waals surface area contributed by atoms with Gasteiger partial charge in [-0.15, -0.1) is 0 Å². The van der Waals surface area contributed by atoms with Crippen molar-refractivity contribution in [2.24, 2.45) is 5.73 Å². The second kappa shape index (κ2) is 4.28. The molecule has 1 heterocycles. The Morgan fingerprint density at radius 1 is 1.31 bits per heavy atom. The van der Waals surface area contributed by atoms with E-state index in [0.717, 1.165) is 0 Å². The van der Waals surface area contributed by atoms with Crippen LogP contribution in [0.25, 0.3) is 11.1 Å². The van der Waals surface area contributed by atoms with E-state index in [-0.39, 0.29) is 17.9 Å². The predicted molar refractivity (Wildman–Crippen MR) is 60.3 cm³/mol. The molecule has 0 amide bonds. The SMILES string of the molecule is NCc1cc(-c2ccccc2F)c[nH]c1=O. The van der Waals surface area contributed by atoms with Gasteiger partial charge in [-0.25, -0.2) is 4.39 Å². The summed E-state index contributed by atoms with van der Waals surface area (Å²) in [7, 11) is 0. The van der Waals surface area contributed by atoms with Crippen LogP contribution >= 0.6 is 0 Å². The van der Waals surface area contributed by atoms with Gasteiger partial charge in [0.25, 0.3) is 5.56 Å². The van der Waals surface area contributed by atoms with Gasteiger partial charge in [0.2, 0.25) is 0 Å². The summed E-state index contributed by atoms with van der Waals surface area (Å²) < 4.78 is 13.5. The fourth-order valence-corrected chi connectivity index (χ4v) is 1.53. The number of H-pyrrole nitrogens is 1. The van der Waals surface area contributed by atoms with Crippen LogP contribution in [-0.4, -0.2) is 4.98 Å². The van der Waals surface area contributed by atoms with Crippen LogP contribution in [0.3, 0.4) is 0 Å². The molecule has 1 aromatic carbocycles. The Balaban J connectivity index is 2.57. The van der Waals surface area contributed by atoms with Crippen molar-refractivity contribution in [3.8, 4) is 11.1 Å². The molecule has 4 heteroatoms. The molecule has 2 aromatic rings. The number of nitrogens with two attached hydrogens (primary N) is 1. The van der Waals surface area contributed by atoms with Gasteiger partial charge in [-0.3, -0.25) is 4.79 Å². The molecule has 0 aliphatic rings. The highest BCUT2D eigenvalue weighted by Gasteiger charge is 2.06. The largest absolute Gasteiger partial charge is 0.328 e. The third-order valence-electron chi connectivity index (χ3n) is 2.38. The number of hydrogen-bond acceptors (Lipinski definition) is 2. The van der Waals surface area contributed by atoms with Gasteiger partial charge in [0, 0.05) is 29.4 Å². The molecule has 0 aliphatic carbocycles. The quantitative estimate of drug-likeness (QED) is 0.805. The number of aromatic nitrogens is 1. The van der Waals surface area contributed by atoms with E-state index in [1.54, 1.807) is 24.3 Å². The fraction of sp³-hybridized carbons (Fsp3) is 0.0833. The Hall–Kier alpha value is -1.94. The molecule has 0 saturated carbocycles. The highest BCUT2D eigenvalue weighted by Crippen LogP contribution is 2.21. The third kappa shape index (κ3) is 1.87. The molecular formula is C12H11FN2O. The number of nitrogens with one attached hydrogen (secondary N) is 1. The van der Waals surface area contributed by atoms with E-state index < -0.39 is 0 Å². The van der Waals surface area contributed by atoms with Crippen LogP contribution in [0.1, 0.15) is 5.56 Å². The smallest absolute Gasteiger partial charge is 0.252 e. The van der Waals surface area contributed by atoms with Crippen LogP contribution in [0.5, 0.6) is 0 Å². The van der Waals surface area contributed by atoms with Gasteiger partial charge in [0.15, 0.2) is 0 Å². The molecule has 0 fully saturated rings. The summed E-state index contributed by atoms with van der Waals surface area (Å²) in [6, 6.07) is 8.00. The van der Waals surface area contributed by atoms with Crippen LogP contribution in [-0.2, 0) is 6.54 Å². The first kappa shape index (κ1) is 10.6. The molecule has 0 unspecified atom stereocenters. The van der Waals surface area contributed by atoms with Crippen LogP contribution in [0, 0.1) is 5.82 Å². The molecular weight excluding hydrogens is 207 g/mol. The van der Waals surface area contributed by atoms with E-state index in [4.69, 9.17) is 5.73 Å². The monoisotopic (exact) mass is 218 g/mol. The van der Waals surface area contributed by atoms with Crippen molar-refractivity contribution in [2.75, 3.05) is 0 Å². The summed E-state index contributed by atoms with van der Waals surface area (Å²) in [5.74, 6) is -0.322. The summed E-state index contributed by atoms with van der Waals surface area (Å²) in [5, 5.41) is 0. The summed E-state index contributed by atoms with van der Waals surface area (Å²) in [6.45, 7) is 0.137. The average Bonchev–Trinajstić information content (AvgIpc) is 2.31. The van der Waals surface area contributed by atoms with Crippen molar-refractivity contribution in [3.05, 3.63) is 58.3 Å². The number of benzene rings is 1. The molecule has 0 radical (unpaired) electrons. The first-order chi connectivity index (χ1) is 7.72. The molecule has 82 valence electrons. The van der Waals surface area contributed by atoms with Gasteiger partial charge in [-0.1, -0.05) is 18.2 Å². The van der Waals surface area contributed by atoms with Crippen molar-refractivity contribution in [3.63, 3.8) is 0 Å². The molecule has 0 saturated heterocycles. The van der Waals surface area contributed by atoms with E-state index >= 15 is 0 Å². The lowest BCUT2D eigenvalue weighted by Crippen LogP contribution is -2.15. The molecule has 0 spiro atoms. The molecule has 1 aromatic heterocycles. The van der Waals surface area contributed by atoms with Crippen molar-refractivity contribution in [1.29, 1.82) is 0 Å². The van der Waals surface area contributed by atoms with E-state index in [9.17, 15) is 9.18 Å². The predicted octanol–water partition coefficient (Wildman–Crippen LogP) is 1.64. The minimum Gasteiger partial charge on any atom is -0.328 e. The molecule has 3 nitrogen and oxygen atoms in total. The first-order valence-corrected chi connectivity index (χ1v) is 4.89. The van der Waals surface area contributed by atoms with Crippen molar-refractivity contribution in [2.45, 2.75) is 6.54 Å². The topological polar surface area (TPSA) is 58.9 Å². The van der Waals surface area contributed by atoms with Crippen molar-refractivity contribution < 1.29 is 4.39 Å². The number of halogens is 1. The van der Waals surface area contributed by atoms with Crippen LogP contribution < -0.4 is 11.3 Å². The zero-order chi connectivity index (χ0) is 11.5. The second-order valence-electron chi connectivity index (χ2n) is 3.43. The average molecular weight is 218 g/mol. The Labute approximate surface area is 91.7 Å². The summed E-state index contributed by atoms with van der Waals surface area (Å²) >= 11 is 0. The normalized spacial score (nSPS) is 10.4. The Bertz CT molecular complexity index is 563. The maximum atomic E-state index is 13.5. The highest BCUT2D eigenvalue weighted by molar-refractivity contribution is 5.63. The maximum Gasteiger partial charge on any atom is 0.252 e. The molecule has 16 heavy (non-hydrogen) atoms. The first-order valence-electron chi connectivity index (χ1n) is 4.89. The number of pyridine rings is 1. The lowest BCUT2D eigenvalue weighted by Gasteiger charge is -2.04. The third-order valence-corrected chi connectivity index (χ3v) is 2.38. The van der Waals surface area contributed by atoms with Gasteiger partial charge in [-0.2, -0.15) is 0 Å². The number of rotatable bonds is 2. The summed E-state index contributed by atoms with van der Waals surface area (Å²) in [5.41, 5.74) is 6.71. The fourth-order valence-electron chi connectivity index (χ4n) is 1.53. The van der Waals surface area contributed by atoms with E-state index in [0.29, 0.717) is 16.7 Å². The second-order valence-corrected chi connectivity index (χ2v) is 3.43. The molecule has 0 atom stereocenters. The van der Waals surface area contributed by atoms with Gasteiger partial charge in [0.1, 0.15) is 5.82 Å². The summed E-state index contributed by atoms with van der Waals surface area (Å²) in [4.78, 5) is 13.8. The van der Waals surface area contributed by atoms with E-state index in [1.165, 1.54) is 12.3 Å². The highest BCUT2D eigenvalue weighted by atomic mass is 19.1. The van der Waals surface area contributed by atoms with Gasteiger partial charge in [0.05, 0.1) is 0 Å². The lowest BCUT2D eigenvalue weighted by atomic mass is 10.1. The van der Waals surface area contributed by atoms with E-state index in [2.05, 4.69) is 4.98 Å². The van der Waals surface area contributed by atoms with Crippen LogP contribution in [0.4, 0.5) is 4.39 Å². The molecule has 0 aliphatic heterocycles. The zero-order valence-electron chi connectivity index (χ0n) is 8.53. The zero-order valence-corrected chi connectivity index (χ0v) is 8.53. The Kier molecular flexibility index (Phi) is 2.83. The van der Waals surface area contributed by atoms with E-state index in [1.807, 2.05) is 0 Å². The standard InChI is InChI=1S/C12H11FN2O/c13-11-4-2-1-3-10(11)9-5-8(6-14)12(16)15-7-9/h1-5,7H,6,14H2,(H,15,16). The molecule has 0 bridgehead atoms. The lowest BCUT2D eigenvalue weighted by molar-refractivity contribution is 0.631. The maximum absolute atomic E-state index is 13.5. The van der Waals surface area contributed by atoms with Gasteiger partial charge in [-0.05, 0) is 12.1 Å². The van der Waals surface area contributed by atoms with Crippen molar-refractivity contribution >= 4 is 0 Å². The van der Waals surface area contributed by atoms with Crippen molar-refractivity contribution in [1.82, 2.24) is 4.98 Å². The Morgan fingerprint density at radius 2 is 2.06 bits per heavy atom. The number of hydrogen-bond donors (Lipinski definition) is 2. The molecule has 3 N–H and O–H groups in total. The van der Waals surface area contributed by atoms with Gasteiger partial charge < -0.3 is 10.7 Å². The number of aromatic amines is 1. The van der Waals surface area contributed by atoms with Gasteiger partial charge >= 0.3 is 0 Å². The van der Waals surface area contributed by atoms with Crippen LogP contribution in [0.2, 0.25) is 0 Å². The summed E-state index contributed by atoms with van der Waals surface area (Å²) in [6.07, 6.45) is 1.49.